The van der Waals surface area contributed by atoms with Gasteiger partial charge in [0.25, 0.3) is 0 Å². The van der Waals surface area contributed by atoms with Crippen LogP contribution in [0.15, 0.2) is 212 Å². The third kappa shape index (κ3) is 7.75. The van der Waals surface area contributed by atoms with E-state index in [0.29, 0.717) is 40.5 Å². The second-order valence-corrected chi connectivity index (χ2v) is 14.7. The van der Waals surface area contributed by atoms with Crippen LogP contribution in [0.1, 0.15) is 5.56 Å². The van der Waals surface area contributed by atoms with Crippen LogP contribution in [0.5, 0.6) is 0 Å². The standard InChI is InChI=1S/C55H35N7/c56-36-46-23-10-11-30-47(46)42-26-16-29-45(35-42)54-60-52(39-21-8-3-9-22-39)61-55(62-54)49-32-13-12-31-48(49)43-27-14-24-40(33-43)41-25-15-28-44(34-41)53-58-50(37-17-4-1-5-18-37)57-51(59-53)38-19-6-2-7-20-38/h1-35H. The Kier molecular flexibility index (Phi) is 10.2. The van der Waals surface area contributed by atoms with E-state index in [1.807, 2.05) is 164 Å². The van der Waals surface area contributed by atoms with Gasteiger partial charge in [0.15, 0.2) is 34.9 Å². The van der Waals surface area contributed by atoms with Gasteiger partial charge in [0, 0.05) is 33.4 Å². The van der Waals surface area contributed by atoms with Crippen LogP contribution >= 0.6 is 0 Å². The number of nitrogens with zero attached hydrogens (tertiary/aromatic N) is 7. The predicted octanol–water partition coefficient (Wildman–Crippen LogP) is 12.9. The zero-order valence-corrected chi connectivity index (χ0v) is 33.3. The summed E-state index contributed by atoms with van der Waals surface area (Å²) in [4.78, 5) is 30.1. The van der Waals surface area contributed by atoms with E-state index in [4.69, 9.17) is 29.9 Å². The summed E-state index contributed by atoms with van der Waals surface area (Å²) >= 11 is 0. The highest BCUT2D eigenvalue weighted by Gasteiger charge is 2.18. The van der Waals surface area contributed by atoms with Gasteiger partial charge in [0.05, 0.1) is 11.6 Å². The van der Waals surface area contributed by atoms with E-state index < -0.39 is 0 Å². The van der Waals surface area contributed by atoms with Crippen molar-refractivity contribution in [3.05, 3.63) is 218 Å². The summed E-state index contributed by atoms with van der Waals surface area (Å²) in [5.74, 6) is 3.49. The summed E-state index contributed by atoms with van der Waals surface area (Å²) in [5.41, 5.74) is 11.7. The summed E-state index contributed by atoms with van der Waals surface area (Å²) in [6.45, 7) is 0. The van der Waals surface area contributed by atoms with Crippen LogP contribution in [-0.4, -0.2) is 29.9 Å². The van der Waals surface area contributed by atoms with Crippen molar-refractivity contribution in [2.24, 2.45) is 0 Å². The largest absolute Gasteiger partial charge is 0.208 e. The summed E-state index contributed by atoms with van der Waals surface area (Å²) in [6.07, 6.45) is 0. The van der Waals surface area contributed by atoms with Gasteiger partial charge in [-0.1, -0.05) is 188 Å². The van der Waals surface area contributed by atoms with Crippen LogP contribution in [-0.2, 0) is 0 Å². The van der Waals surface area contributed by atoms with E-state index in [2.05, 4.69) is 54.6 Å². The monoisotopic (exact) mass is 793 g/mol. The SMILES string of the molecule is N#Cc1ccccc1-c1cccc(-c2nc(-c3ccccc3)nc(-c3ccccc3-c3cccc(-c4cccc(-c5nc(-c6ccccc6)nc(-c6ccccc6)n5)c4)c3)n2)c1. The smallest absolute Gasteiger partial charge is 0.164 e. The maximum Gasteiger partial charge on any atom is 0.164 e. The minimum atomic E-state index is 0.537. The first kappa shape index (κ1) is 37.5. The quantitative estimate of drug-likeness (QED) is 0.143. The third-order valence-electron chi connectivity index (χ3n) is 10.6. The molecule has 0 N–H and O–H groups in total. The highest BCUT2D eigenvalue weighted by Crippen LogP contribution is 2.36. The fourth-order valence-electron chi connectivity index (χ4n) is 7.57. The first-order valence-corrected chi connectivity index (χ1v) is 20.3. The molecule has 0 spiro atoms. The maximum atomic E-state index is 9.85. The Hall–Kier alpha value is -8.73. The average Bonchev–Trinajstić information content (AvgIpc) is 3.37. The van der Waals surface area contributed by atoms with Crippen LogP contribution < -0.4 is 0 Å². The molecule has 0 atom stereocenters. The van der Waals surface area contributed by atoms with E-state index in [0.717, 1.165) is 66.8 Å². The Balaban J connectivity index is 1.05. The van der Waals surface area contributed by atoms with Crippen molar-refractivity contribution in [3.8, 4) is 108 Å². The molecule has 2 aromatic heterocycles. The lowest BCUT2D eigenvalue weighted by Crippen LogP contribution is -2.01. The molecule has 0 amide bonds. The zero-order chi connectivity index (χ0) is 41.7. The summed E-state index contributed by atoms with van der Waals surface area (Å²) in [6, 6.07) is 73.0. The number of hydrogen-bond donors (Lipinski definition) is 0. The molecular weight excluding hydrogens is 759 g/mol. The van der Waals surface area contributed by atoms with Gasteiger partial charge in [0.2, 0.25) is 0 Å². The Morgan fingerprint density at radius 1 is 0.242 bits per heavy atom. The van der Waals surface area contributed by atoms with E-state index in [1.54, 1.807) is 0 Å². The molecule has 62 heavy (non-hydrogen) atoms. The molecular formula is C55H35N7. The van der Waals surface area contributed by atoms with Crippen molar-refractivity contribution in [2.75, 3.05) is 0 Å². The van der Waals surface area contributed by atoms with Gasteiger partial charge >= 0.3 is 0 Å². The molecule has 0 aliphatic rings. The average molecular weight is 794 g/mol. The Morgan fingerprint density at radius 3 is 1.03 bits per heavy atom. The molecule has 0 aliphatic heterocycles. The highest BCUT2D eigenvalue weighted by molar-refractivity contribution is 5.85. The summed E-state index contributed by atoms with van der Waals surface area (Å²) in [7, 11) is 0. The molecule has 0 radical (unpaired) electrons. The second kappa shape index (κ2) is 16.9. The van der Waals surface area contributed by atoms with Crippen molar-refractivity contribution >= 4 is 0 Å². The van der Waals surface area contributed by atoms with Crippen LogP contribution in [0.2, 0.25) is 0 Å². The molecule has 10 rings (SSSR count). The Labute approximate surface area is 359 Å². The van der Waals surface area contributed by atoms with Crippen molar-refractivity contribution in [2.45, 2.75) is 0 Å². The number of hydrogen-bond acceptors (Lipinski definition) is 7. The van der Waals surface area contributed by atoms with E-state index >= 15 is 0 Å². The van der Waals surface area contributed by atoms with Crippen molar-refractivity contribution in [1.29, 1.82) is 5.26 Å². The molecule has 7 nitrogen and oxygen atoms in total. The fourth-order valence-corrected chi connectivity index (χ4v) is 7.57. The molecule has 0 aliphatic carbocycles. The lowest BCUT2D eigenvalue weighted by molar-refractivity contribution is 1.07. The van der Waals surface area contributed by atoms with E-state index in [-0.39, 0.29) is 0 Å². The number of benzene rings is 8. The minimum Gasteiger partial charge on any atom is -0.208 e. The molecule has 0 unspecified atom stereocenters. The first-order chi connectivity index (χ1) is 30.7. The Bertz CT molecular complexity index is 3200. The van der Waals surface area contributed by atoms with Crippen molar-refractivity contribution in [3.63, 3.8) is 0 Å². The van der Waals surface area contributed by atoms with Crippen LogP contribution in [0.4, 0.5) is 0 Å². The maximum absolute atomic E-state index is 9.85. The summed E-state index contributed by atoms with van der Waals surface area (Å²) < 4.78 is 0. The number of rotatable bonds is 9. The van der Waals surface area contributed by atoms with Gasteiger partial charge in [-0.25, -0.2) is 29.9 Å². The molecule has 0 saturated carbocycles. The molecule has 2 heterocycles. The minimum absolute atomic E-state index is 0.537. The van der Waals surface area contributed by atoms with Gasteiger partial charge < -0.3 is 0 Å². The number of aromatic nitrogens is 6. The molecule has 8 aromatic carbocycles. The zero-order valence-electron chi connectivity index (χ0n) is 33.3. The van der Waals surface area contributed by atoms with Gasteiger partial charge in [0.1, 0.15) is 0 Å². The van der Waals surface area contributed by atoms with Gasteiger partial charge in [-0.3, -0.25) is 0 Å². The normalized spacial score (nSPS) is 10.9. The molecule has 0 saturated heterocycles. The van der Waals surface area contributed by atoms with E-state index in [1.165, 1.54) is 0 Å². The second-order valence-electron chi connectivity index (χ2n) is 14.7. The molecule has 7 heteroatoms. The highest BCUT2D eigenvalue weighted by atomic mass is 15.0. The van der Waals surface area contributed by atoms with Crippen LogP contribution in [0.3, 0.4) is 0 Å². The predicted molar refractivity (Wildman–Crippen MR) is 247 cm³/mol. The molecule has 290 valence electrons. The lowest BCUT2D eigenvalue weighted by Gasteiger charge is -2.14. The molecule has 0 bridgehead atoms. The number of nitriles is 1. The van der Waals surface area contributed by atoms with Gasteiger partial charge in [-0.15, -0.1) is 0 Å². The Morgan fingerprint density at radius 2 is 0.548 bits per heavy atom. The van der Waals surface area contributed by atoms with Gasteiger partial charge in [-0.2, -0.15) is 5.26 Å². The topological polar surface area (TPSA) is 101 Å². The van der Waals surface area contributed by atoms with Gasteiger partial charge in [-0.05, 0) is 57.6 Å². The molecule has 10 aromatic rings. The van der Waals surface area contributed by atoms with E-state index in [9.17, 15) is 5.26 Å². The van der Waals surface area contributed by atoms with Crippen LogP contribution in [0.25, 0.3) is 102 Å². The first-order valence-electron chi connectivity index (χ1n) is 20.3. The fraction of sp³-hybridized carbons (Fsp3) is 0. The molecule has 0 fully saturated rings. The van der Waals surface area contributed by atoms with Crippen molar-refractivity contribution < 1.29 is 0 Å². The summed E-state index contributed by atoms with van der Waals surface area (Å²) in [5, 5.41) is 9.85. The lowest BCUT2D eigenvalue weighted by atomic mass is 9.95. The third-order valence-corrected chi connectivity index (χ3v) is 10.6. The van der Waals surface area contributed by atoms with Crippen molar-refractivity contribution in [1.82, 2.24) is 29.9 Å². The van der Waals surface area contributed by atoms with Crippen LogP contribution in [0, 0.1) is 11.3 Å².